The lowest BCUT2D eigenvalue weighted by molar-refractivity contribution is -0.0135. The topological polar surface area (TPSA) is 71.1 Å². The zero-order valence-corrected chi connectivity index (χ0v) is 15.4. The van der Waals surface area contributed by atoms with E-state index >= 15 is 0 Å². The second kappa shape index (κ2) is 8.55. The molecular formula is C20H23N3O4. The molecule has 1 aliphatic heterocycles. The first-order valence-corrected chi connectivity index (χ1v) is 8.72. The van der Waals surface area contributed by atoms with E-state index in [-0.39, 0.29) is 12.1 Å². The fourth-order valence-electron chi connectivity index (χ4n) is 2.92. The molecule has 1 unspecified atom stereocenters. The molecule has 0 bridgehead atoms. The summed E-state index contributed by atoms with van der Waals surface area (Å²) in [6.07, 6.45) is -0.575. The number of methoxy groups -OCH3 is 1. The number of carbonyl (C=O) groups excluding carboxylic acids is 2. The quantitative estimate of drug-likeness (QED) is 0.899. The predicted octanol–water partition coefficient (Wildman–Crippen LogP) is 3.49. The molecule has 1 N–H and O–H groups in total. The van der Waals surface area contributed by atoms with Crippen molar-refractivity contribution in [2.45, 2.75) is 6.10 Å². The number of urea groups is 1. The minimum absolute atomic E-state index is 0.123. The number of carbonyl (C=O) groups is 2. The van der Waals surface area contributed by atoms with Gasteiger partial charge in [-0.2, -0.15) is 0 Å². The van der Waals surface area contributed by atoms with E-state index in [0.717, 1.165) is 5.56 Å². The second-order valence-electron chi connectivity index (χ2n) is 6.22. The van der Waals surface area contributed by atoms with Gasteiger partial charge in [0, 0.05) is 25.0 Å². The highest BCUT2D eigenvalue weighted by Crippen LogP contribution is 2.23. The van der Waals surface area contributed by atoms with Crippen LogP contribution in [-0.4, -0.2) is 50.9 Å². The highest BCUT2D eigenvalue weighted by atomic mass is 16.5. The Morgan fingerprint density at radius 3 is 2.52 bits per heavy atom. The number of amides is 3. The maximum atomic E-state index is 12.6. The minimum atomic E-state index is -0.452. The van der Waals surface area contributed by atoms with Gasteiger partial charge >= 0.3 is 12.1 Å². The molecule has 0 aromatic heterocycles. The van der Waals surface area contributed by atoms with Gasteiger partial charge in [0.1, 0.15) is 6.10 Å². The summed E-state index contributed by atoms with van der Waals surface area (Å²) in [6.45, 7) is 1.53. The molecule has 1 aliphatic rings. The first-order valence-electron chi connectivity index (χ1n) is 8.72. The van der Waals surface area contributed by atoms with Gasteiger partial charge in [-0.05, 0) is 29.8 Å². The molecule has 3 amide bonds. The average Bonchev–Trinajstić information content (AvgIpc) is 2.74. The summed E-state index contributed by atoms with van der Waals surface area (Å²) in [5.41, 5.74) is 2.39. The van der Waals surface area contributed by atoms with Crippen molar-refractivity contribution >= 4 is 23.5 Å². The van der Waals surface area contributed by atoms with Gasteiger partial charge in [0.25, 0.3) is 0 Å². The summed E-state index contributed by atoms with van der Waals surface area (Å²) < 4.78 is 10.5. The van der Waals surface area contributed by atoms with Crippen molar-refractivity contribution in [2.24, 2.45) is 0 Å². The maximum Gasteiger partial charge on any atom is 0.413 e. The predicted molar refractivity (Wildman–Crippen MR) is 103 cm³/mol. The SMILES string of the molecule is COC(=O)N(C)c1ccc(NC(=O)N2CCOC(c3ccccc3)C2)cc1. The Morgan fingerprint density at radius 1 is 1.15 bits per heavy atom. The number of benzene rings is 2. The summed E-state index contributed by atoms with van der Waals surface area (Å²) in [5.74, 6) is 0. The fraction of sp³-hybridized carbons (Fsp3) is 0.300. The zero-order valence-electron chi connectivity index (χ0n) is 15.4. The van der Waals surface area contributed by atoms with Crippen molar-refractivity contribution in [2.75, 3.05) is 44.1 Å². The van der Waals surface area contributed by atoms with E-state index in [4.69, 9.17) is 4.74 Å². The van der Waals surface area contributed by atoms with Gasteiger partial charge in [0.2, 0.25) is 0 Å². The molecule has 0 spiro atoms. The lowest BCUT2D eigenvalue weighted by Crippen LogP contribution is -2.44. The highest BCUT2D eigenvalue weighted by Gasteiger charge is 2.25. The maximum absolute atomic E-state index is 12.6. The van der Waals surface area contributed by atoms with E-state index in [1.54, 1.807) is 36.2 Å². The van der Waals surface area contributed by atoms with E-state index < -0.39 is 6.09 Å². The molecule has 3 rings (SSSR count). The molecule has 2 aromatic carbocycles. The average molecular weight is 369 g/mol. The molecule has 27 heavy (non-hydrogen) atoms. The van der Waals surface area contributed by atoms with Crippen LogP contribution in [0.3, 0.4) is 0 Å². The van der Waals surface area contributed by atoms with E-state index in [1.165, 1.54) is 12.0 Å². The Balaban J connectivity index is 1.60. The van der Waals surface area contributed by atoms with Crippen LogP contribution in [0.2, 0.25) is 0 Å². The molecule has 0 radical (unpaired) electrons. The number of nitrogens with zero attached hydrogens (tertiary/aromatic N) is 2. The summed E-state index contributed by atoms with van der Waals surface area (Å²) in [7, 11) is 2.95. The summed E-state index contributed by atoms with van der Waals surface area (Å²) >= 11 is 0. The van der Waals surface area contributed by atoms with Crippen molar-refractivity contribution in [3.63, 3.8) is 0 Å². The third-order valence-electron chi connectivity index (χ3n) is 4.48. The lowest BCUT2D eigenvalue weighted by Gasteiger charge is -2.33. The molecule has 1 atom stereocenters. The number of nitrogens with one attached hydrogen (secondary N) is 1. The molecule has 1 heterocycles. The van der Waals surface area contributed by atoms with Crippen molar-refractivity contribution < 1.29 is 19.1 Å². The number of anilines is 2. The largest absolute Gasteiger partial charge is 0.452 e. The van der Waals surface area contributed by atoms with Crippen LogP contribution in [0, 0.1) is 0 Å². The monoisotopic (exact) mass is 369 g/mol. The standard InChI is InChI=1S/C20H23N3O4/c1-22(20(25)26-2)17-10-8-16(9-11-17)21-19(24)23-12-13-27-18(14-23)15-6-4-3-5-7-15/h3-11,18H,12-14H2,1-2H3,(H,21,24). The molecule has 142 valence electrons. The van der Waals surface area contributed by atoms with Crippen molar-refractivity contribution in [3.05, 3.63) is 60.2 Å². The molecule has 7 heteroatoms. The number of morpholine rings is 1. The van der Waals surface area contributed by atoms with Crippen LogP contribution < -0.4 is 10.2 Å². The van der Waals surface area contributed by atoms with Crippen LogP contribution in [0.5, 0.6) is 0 Å². The van der Waals surface area contributed by atoms with E-state index in [1.807, 2.05) is 30.3 Å². The fourth-order valence-corrected chi connectivity index (χ4v) is 2.92. The Hall–Kier alpha value is -3.06. The zero-order chi connectivity index (χ0) is 19.2. The first kappa shape index (κ1) is 18.7. The molecule has 0 saturated carbocycles. The molecule has 1 saturated heterocycles. The lowest BCUT2D eigenvalue weighted by atomic mass is 10.1. The first-order chi connectivity index (χ1) is 13.1. The van der Waals surface area contributed by atoms with Gasteiger partial charge in [0.05, 0.1) is 20.3 Å². The van der Waals surface area contributed by atoms with Gasteiger partial charge in [0.15, 0.2) is 0 Å². The highest BCUT2D eigenvalue weighted by molar-refractivity contribution is 5.91. The molecule has 7 nitrogen and oxygen atoms in total. The van der Waals surface area contributed by atoms with Gasteiger partial charge in [-0.15, -0.1) is 0 Å². The van der Waals surface area contributed by atoms with E-state index in [2.05, 4.69) is 10.1 Å². The van der Waals surface area contributed by atoms with Crippen LogP contribution in [-0.2, 0) is 9.47 Å². The van der Waals surface area contributed by atoms with Crippen LogP contribution in [0.1, 0.15) is 11.7 Å². The van der Waals surface area contributed by atoms with Crippen LogP contribution >= 0.6 is 0 Å². The summed E-state index contributed by atoms with van der Waals surface area (Å²) in [4.78, 5) is 27.3. The molecular weight excluding hydrogens is 346 g/mol. The van der Waals surface area contributed by atoms with E-state index in [9.17, 15) is 9.59 Å². The second-order valence-corrected chi connectivity index (χ2v) is 6.22. The van der Waals surface area contributed by atoms with Crippen molar-refractivity contribution in [1.29, 1.82) is 0 Å². The van der Waals surface area contributed by atoms with Gasteiger partial charge in [-0.25, -0.2) is 9.59 Å². The Labute approximate surface area is 158 Å². The van der Waals surface area contributed by atoms with E-state index in [0.29, 0.717) is 31.1 Å². The third kappa shape index (κ3) is 4.57. The Bertz CT molecular complexity index is 780. The van der Waals surface area contributed by atoms with Crippen molar-refractivity contribution in [1.82, 2.24) is 4.90 Å². The van der Waals surface area contributed by atoms with Crippen LogP contribution in [0.15, 0.2) is 54.6 Å². The molecule has 2 aromatic rings. The van der Waals surface area contributed by atoms with Gasteiger partial charge in [-0.3, -0.25) is 4.90 Å². The van der Waals surface area contributed by atoms with Crippen LogP contribution in [0.4, 0.5) is 21.0 Å². The smallest absolute Gasteiger partial charge is 0.413 e. The van der Waals surface area contributed by atoms with Gasteiger partial charge < -0.3 is 19.7 Å². The molecule has 0 aliphatic carbocycles. The Morgan fingerprint density at radius 2 is 1.85 bits per heavy atom. The van der Waals surface area contributed by atoms with Crippen LogP contribution in [0.25, 0.3) is 0 Å². The third-order valence-corrected chi connectivity index (χ3v) is 4.48. The minimum Gasteiger partial charge on any atom is -0.452 e. The number of hydrogen-bond acceptors (Lipinski definition) is 4. The number of ether oxygens (including phenoxy) is 2. The Kier molecular flexibility index (Phi) is 5.93. The normalized spacial score (nSPS) is 16.5. The summed E-state index contributed by atoms with van der Waals surface area (Å²) in [6, 6.07) is 16.7. The number of rotatable bonds is 3. The molecule has 1 fully saturated rings. The summed E-state index contributed by atoms with van der Waals surface area (Å²) in [5, 5.41) is 2.89. The van der Waals surface area contributed by atoms with Gasteiger partial charge in [-0.1, -0.05) is 30.3 Å². The van der Waals surface area contributed by atoms with Crippen molar-refractivity contribution in [3.8, 4) is 0 Å². The number of hydrogen-bond donors (Lipinski definition) is 1.